The minimum atomic E-state index is -2.35. The molecule has 1 radical (unpaired) electrons. The Balaban J connectivity index is 0.000000241. The summed E-state index contributed by atoms with van der Waals surface area (Å²) in [5, 5.41) is 12.2. The molecule has 47 heavy (non-hydrogen) atoms. The molecule has 4 aromatic carbocycles. The summed E-state index contributed by atoms with van der Waals surface area (Å²) >= 11 is 0. The number of aromatic nitrogens is 3. The number of nitriles is 1. The molecule has 0 N–H and O–H groups in total. The van der Waals surface area contributed by atoms with Crippen molar-refractivity contribution in [3.63, 3.8) is 0 Å². The average Bonchev–Trinajstić information content (AvgIpc) is 3.47. The minimum absolute atomic E-state index is 0. The molecule has 7 rings (SSSR count). The van der Waals surface area contributed by atoms with Gasteiger partial charge in [-0.3, -0.25) is 4.98 Å². The Labute approximate surface area is 294 Å². The van der Waals surface area contributed by atoms with E-state index in [1.54, 1.807) is 12.1 Å². The van der Waals surface area contributed by atoms with E-state index in [1.807, 2.05) is 54.7 Å². The van der Waals surface area contributed by atoms with E-state index in [2.05, 4.69) is 86.8 Å². The molecule has 0 bridgehead atoms. The Morgan fingerprint density at radius 3 is 2.28 bits per heavy atom. The molecule has 237 valence electrons. The third-order valence-electron chi connectivity index (χ3n) is 7.97. The monoisotopic (exact) mass is 796 g/mol. The van der Waals surface area contributed by atoms with Crippen molar-refractivity contribution in [2.45, 2.75) is 59.2 Å². The van der Waals surface area contributed by atoms with Gasteiger partial charge in [-0.2, -0.15) is 5.26 Å². The summed E-state index contributed by atoms with van der Waals surface area (Å²) in [4.78, 5) is 13.3. The van der Waals surface area contributed by atoms with Crippen molar-refractivity contribution in [1.82, 2.24) is 15.0 Å². The minimum Gasteiger partial charge on any atom is -0.500 e. The van der Waals surface area contributed by atoms with Crippen LogP contribution in [0, 0.1) is 30.3 Å². The van der Waals surface area contributed by atoms with Gasteiger partial charge in [0.05, 0.1) is 17.2 Å². The number of pyridine rings is 1. The topological polar surface area (TPSA) is 75.6 Å². The molecule has 0 spiro atoms. The zero-order valence-electron chi connectivity index (χ0n) is 30.2. The molecule has 0 atom stereocenters. The maximum Gasteiger partial charge on any atom is 0.128 e. The molecule has 5 nitrogen and oxygen atoms in total. The van der Waals surface area contributed by atoms with Gasteiger partial charge in [-0.25, -0.2) is 4.98 Å². The number of benzene rings is 4. The summed E-state index contributed by atoms with van der Waals surface area (Å²) < 4.78 is 30.6. The van der Waals surface area contributed by atoms with E-state index in [4.69, 9.17) is 8.53 Å². The van der Waals surface area contributed by atoms with E-state index < -0.39 is 6.85 Å². The normalized spacial score (nSPS) is 12.7. The predicted octanol–water partition coefficient (Wildman–Crippen LogP) is 10.3. The predicted molar refractivity (Wildman–Crippen MR) is 186 cm³/mol. The Bertz CT molecular complexity index is 2350. The number of furan rings is 1. The van der Waals surface area contributed by atoms with Crippen LogP contribution in [0.1, 0.15) is 68.0 Å². The van der Waals surface area contributed by atoms with E-state index in [0.29, 0.717) is 38.8 Å². The molecule has 0 saturated carbocycles. The zero-order chi connectivity index (χ0) is 35.1. The standard InChI is InChI=1S/C26H20N3O.C15H16N.Ir/c1-15-5-9-18(21-12-22(26(2,3)4)29-14-28-21)25-23(15)19-10-8-17-7-6-16(13-27)11-20(17)24(19)30-25;1-15(2,3)13-9-10-14(16-11-13)12-7-5-4-6-8-12;/h5-8,10-12,14H,1-4H3;4-7,9-11H,1-3H3;/q2*-1;/i1D3;;. The molecule has 0 aliphatic heterocycles. The van der Waals surface area contributed by atoms with Crippen LogP contribution in [0.4, 0.5) is 0 Å². The first-order valence-electron chi connectivity index (χ1n) is 16.7. The van der Waals surface area contributed by atoms with Crippen molar-refractivity contribution in [2.24, 2.45) is 0 Å². The third-order valence-corrected chi connectivity index (χ3v) is 7.97. The van der Waals surface area contributed by atoms with Crippen LogP contribution in [-0.2, 0) is 30.9 Å². The fraction of sp³-hybridized carbons (Fsp3) is 0.220. The van der Waals surface area contributed by atoms with Crippen LogP contribution in [0.2, 0.25) is 0 Å². The quantitative estimate of drug-likeness (QED) is 0.163. The Hall–Kier alpha value is -4.69. The smallest absolute Gasteiger partial charge is 0.128 e. The first-order chi connectivity index (χ1) is 23.1. The number of fused-ring (bicyclic) bond motifs is 5. The second-order valence-corrected chi connectivity index (χ2v) is 13.4. The van der Waals surface area contributed by atoms with Crippen molar-refractivity contribution in [1.29, 1.82) is 5.26 Å². The summed E-state index contributed by atoms with van der Waals surface area (Å²) in [5.41, 5.74) is 6.91. The van der Waals surface area contributed by atoms with E-state index >= 15 is 0 Å². The van der Waals surface area contributed by atoms with Crippen LogP contribution < -0.4 is 0 Å². The number of hydrogen-bond donors (Lipinski definition) is 0. The summed E-state index contributed by atoms with van der Waals surface area (Å²) in [6.07, 6.45) is 3.46. The van der Waals surface area contributed by atoms with Crippen LogP contribution in [0.3, 0.4) is 0 Å². The Morgan fingerprint density at radius 2 is 1.62 bits per heavy atom. The summed E-state index contributed by atoms with van der Waals surface area (Å²) in [7, 11) is 0. The molecule has 3 aromatic heterocycles. The number of aryl methyl sites for hydroxylation is 1. The third kappa shape index (κ3) is 6.88. The van der Waals surface area contributed by atoms with Crippen molar-refractivity contribution >= 4 is 32.7 Å². The maximum absolute atomic E-state index is 9.37. The molecule has 3 heterocycles. The molecule has 0 aliphatic rings. The van der Waals surface area contributed by atoms with Gasteiger partial charge in [0, 0.05) is 52.3 Å². The van der Waals surface area contributed by atoms with Crippen molar-refractivity contribution in [2.75, 3.05) is 0 Å². The molecule has 7 aromatic rings. The first kappa shape index (κ1) is 29.7. The van der Waals surface area contributed by atoms with E-state index in [0.717, 1.165) is 27.7 Å². The van der Waals surface area contributed by atoms with Gasteiger partial charge < -0.3 is 9.40 Å². The molecular weight excluding hydrogens is 757 g/mol. The van der Waals surface area contributed by atoms with Gasteiger partial charge in [-0.05, 0) is 39.9 Å². The number of rotatable bonds is 2. The summed E-state index contributed by atoms with van der Waals surface area (Å²) in [5.74, 6) is 0. The van der Waals surface area contributed by atoms with Crippen LogP contribution in [0.25, 0.3) is 55.2 Å². The van der Waals surface area contributed by atoms with E-state index in [9.17, 15) is 5.26 Å². The van der Waals surface area contributed by atoms with Crippen molar-refractivity contribution in [3.05, 3.63) is 126 Å². The van der Waals surface area contributed by atoms with Crippen LogP contribution in [0.15, 0.2) is 95.8 Å². The maximum atomic E-state index is 9.37. The van der Waals surface area contributed by atoms with E-state index in [1.165, 1.54) is 18.0 Å². The molecule has 0 unspecified atom stereocenters. The second kappa shape index (κ2) is 13.2. The molecule has 0 amide bonds. The van der Waals surface area contributed by atoms with Gasteiger partial charge in [-0.1, -0.05) is 95.7 Å². The largest absolute Gasteiger partial charge is 0.500 e. The van der Waals surface area contributed by atoms with Gasteiger partial charge in [-0.15, -0.1) is 53.6 Å². The molecular formula is C41H36IrN4O-2. The Kier molecular flexibility index (Phi) is 8.34. The number of nitrogens with zero attached hydrogens (tertiary/aromatic N) is 4. The fourth-order valence-corrected chi connectivity index (χ4v) is 5.31. The molecule has 0 saturated heterocycles. The van der Waals surface area contributed by atoms with Gasteiger partial charge in [0.1, 0.15) is 11.9 Å². The van der Waals surface area contributed by atoms with E-state index in [-0.39, 0.29) is 36.5 Å². The average molecular weight is 796 g/mol. The zero-order valence-corrected chi connectivity index (χ0v) is 29.6. The molecule has 0 aliphatic carbocycles. The SMILES string of the molecule is CC(C)(C)c1ccc(-c2[c-]cccc2)nc1.[2H]C([2H])([2H])c1c[c-]c(-c2cc(C(C)(C)C)ncn2)c2oc3c4cc(C#N)ccc4ccc3c12.[Ir]. The van der Waals surface area contributed by atoms with Gasteiger partial charge >= 0.3 is 0 Å². The Morgan fingerprint density at radius 1 is 0.809 bits per heavy atom. The molecule has 6 heteroatoms. The van der Waals surface area contributed by atoms with Crippen LogP contribution >= 0.6 is 0 Å². The summed E-state index contributed by atoms with van der Waals surface area (Å²) in [6, 6.07) is 33.1. The molecule has 0 fully saturated rings. The fourth-order valence-electron chi connectivity index (χ4n) is 5.31. The first-order valence-corrected chi connectivity index (χ1v) is 15.2. The summed E-state index contributed by atoms with van der Waals surface area (Å²) in [6.45, 7) is 10.4. The van der Waals surface area contributed by atoms with Gasteiger partial charge in [0.15, 0.2) is 0 Å². The number of hydrogen-bond acceptors (Lipinski definition) is 5. The van der Waals surface area contributed by atoms with Gasteiger partial charge in [0.25, 0.3) is 0 Å². The van der Waals surface area contributed by atoms with Gasteiger partial charge in [0.2, 0.25) is 0 Å². The van der Waals surface area contributed by atoms with Crippen molar-refractivity contribution in [3.8, 4) is 28.6 Å². The van der Waals surface area contributed by atoms with Crippen LogP contribution in [-0.4, -0.2) is 15.0 Å². The van der Waals surface area contributed by atoms with Crippen molar-refractivity contribution < 1.29 is 28.6 Å². The second-order valence-electron chi connectivity index (χ2n) is 13.4. The van der Waals surface area contributed by atoms with Crippen LogP contribution in [0.5, 0.6) is 0 Å².